The number of nitrogens with one attached hydrogen (secondary N) is 2. The van der Waals surface area contributed by atoms with Crippen LogP contribution in [-0.2, 0) is 16.1 Å². The zero-order valence-electron chi connectivity index (χ0n) is 19.6. The van der Waals surface area contributed by atoms with Crippen LogP contribution >= 0.6 is 11.6 Å². The molecule has 4 rings (SSSR count). The molecule has 178 valence electrons. The van der Waals surface area contributed by atoms with Gasteiger partial charge in [-0.1, -0.05) is 35.9 Å². The summed E-state index contributed by atoms with van der Waals surface area (Å²) < 4.78 is 0. The Morgan fingerprint density at radius 3 is 2.49 bits per heavy atom. The first kappa shape index (κ1) is 24.0. The van der Waals surface area contributed by atoms with Crippen molar-refractivity contribution >= 4 is 51.4 Å². The minimum atomic E-state index is -0.119. The van der Waals surface area contributed by atoms with Crippen LogP contribution in [-0.4, -0.2) is 34.7 Å². The maximum absolute atomic E-state index is 11.7. The molecular formula is C27H25ClN4O3. The molecule has 0 unspecified atom stereocenters. The van der Waals surface area contributed by atoms with Gasteiger partial charge in [0.2, 0.25) is 11.8 Å². The van der Waals surface area contributed by atoms with E-state index in [1.165, 1.54) is 13.8 Å². The molecule has 0 aliphatic rings. The van der Waals surface area contributed by atoms with Crippen LogP contribution in [0.5, 0.6) is 5.88 Å². The fourth-order valence-corrected chi connectivity index (χ4v) is 3.95. The second-order valence-electron chi connectivity index (χ2n) is 8.20. The number of hydrogen-bond donors (Lipinski definition) is 3. The second-order valence-corrected chi connectivity index (χ2v) is 8.64. The number of benzene rings is 3. The van der Waals surface area contributed by atoms with Gasteiger partial charge in [-0.3, -0.25) is 9.59 Å². The predicted molar refractivity (Wildman–Crippen MR) is 140 cm³/mol. The Hall–Kier alpha value is -4.10. The monoisotopic (exact) mass is 488 g/mol. The maximum Gasteiger partial charge on any atom is 0.223 e. The molecule has 3 N–H and O–H groups in total. The topological polar surface area (TPSA) is 97.8 Å². The van der Waals surface area contributed by atoms with E-state index in [1.807, 2.05) is 54.6 Å². The molecule has 1 aromatic heterocycles. The lowest BCUT2D eigenvalue weighted by Crippen LogP contribution is -2.22. The van der Waals surface area contributed by atoms with Crippen molar-refractivity contribution in [3.05, 3.63) is 88.4 Å². The van der Waals surface area contributed by atoms with E-state index < -0.39 is 0 Å². The van der Waals surface area contributed by atoms with Crippen LogP contribution < -0.4 is 10.2 Å². The van der Waals surface area contributed by atoms with Gasteiger partial charge in [0.15, 0.2) is 5.88 Å². The molecule has 0 atom stereocenters. The van der Waals surface area contributed by atoms with E-state index in [9.17, 15) is 14.7 Å². The third kappa shape index (κ3) is 5.36. The van der Waals surface area contributed by atoms with Crippen molar-refractivity contribution in [1.82, 2.24) is 10.3 Å². The first-order valence-corrected chi connectivity index (χ1v) is 11.4. The summed E-state index contributed by atoms with van der Waals surface area (Å²) in [5, 5.41) is 15.0. The number of fused-ring (bicyclic) bond motifs is 1. The average molecular weight is 489 g/mol. The van der Waals surface area contributed by atoms with Gasteiger partial charge in [-0.05, 0) is 48.0 Å². The largest absolute Gasteiger partial charge is 0.494 e. The standard InChI is InChI=1S/C27H25ClN4O3/c1-16(33)29-15-18-5-4-6-19(13-18)26(25-23-12-7-20(28)14-24(23)31-27(25)35)30-21-8-10-22(11-9-21)32(3)17(2)34/h4-14,31,35H,15H2,1-3H3,(H,29,33). The van der Waals surface area contributed by atoms with Crippen molar-refractivity contribution in [2.75, 3.05) is 11.9 Å². The average Bonchev–Trinajstić information content (AvgIpc) is 3.15. The fourth-order valence-electron chi connectivity index (χ4n) is 3.78. The van der Waals surface area contributed by atoms with Crippen LogP contribution in [0.25, 0.3) is 10.9 Å². The maximum atomic E-state index is 11.7. The van der Waals surface area contributed by atoms with Gasteiger partial charge >= 0.3 is 0 Å². The van der Waals surface area contributed by atoms with Gasteiger partial charge in [-0.2, -0.15) is 0 Å². The number of hydrogen-bond acceptors (Lipinski definition) is 4. The molecule has 0 saturated carbocycles. The Balaban J connectivity index is 1.86. The zero-order valence-corrected chi connectivity index (χ0v) is 20.3. The van der Waals surface area contributed by atoms with Crippen LogP contribution in [0.2, 0.25) is 5.02 Å². The minimum absolute atomic E-state index is 0.0267. The molecule has 7 nitrogen and oxygen atoms in total. The van der Waals surface area contributed by atoms with Crippen molar-refractivity contribution in [3.63, 3.8) is 0 Å². The Morgan fingerprint density at radius 2 is 1.80 bits per heavy atom. The van der Waals surface area contributed by atoms with Gasteiger partial charge < -0.3 is 20.3 Å². The zero-order chi connectivity index (χ0) is 25.1. The molecule has 3 aromatic carbocycles. The number of nitrogens with zero attached hydrogens (tertiary/aromatic N) is 2. The van der Waals surface area contributed by atoms with Crippen molar-refractivity contribution in [3.8, 4) is 5.88 Å². The lowest BCUT2D eigenvalue weighted by atomic mass is 9.99. The molecule has 0 fully saturated rings. The molecule has 0 aliphatic heterocycles. The van der Waals surface area contributed by atoms with E-state index in [-0.39, 0.29) is 17.7 Å². The highest BCUT2D eigenvalue weighted by Gasteiger charge is 2.19. The number of anilines is 1. The summed E-state index contributed by atoms with van der Waals surface area (Å²) in [5.74, 6) is -0.215. The molecule has 0 saturated heterocycles. The molecule has 2 amide bonds. The van der Waals surface area contributed by atoms with Crippen LogP contribution in [0.3, 0.4) is 0 Å². The highest BCUT2D eigenvalue weighted by atomic mass is 35.5. The minimum Gasteiger partial charge on any atom is -0.494 e. The van der Waals surface area contributed by atoms with Gasteiger partial charge in [0.1, 0.15) is 0 Å². The van der Waals surface area contributed by atoms with E-state index in [0.29, 0.717) is 34.0 Å². The van der Waals surface area contributed by atoms with Crippen LogP contribution in [0.1, 0.15) is 30.5 Å². The summed E-state index contributed by atoms with van der Waals surface area (Å²) in [6.45, 7) is 3.35. The Kier molecular flexibility index (Phi) is 6.89. The van der Waals surface area contributed by atoms with Gasteiger partial charge in [0.25, 0.3) is 0 Å². The fraction of sp³-hybridized carbons (Fsp3) is 0.148. The third-order valence-electron chi connectivity index (χ3n) is 5.67. The third-order valence-corrected chi connectivity index (χ3v) is 5.90. The number of aromatic hydroxyl groups is 1. The van der Waals surface area contributed by atoms with Gasteiger partial charge in [-0.25, -0.2) is 4.99 Å². The Bertz CT molecular complexity index is 1440. The summed E-state index contributed by atoms with van der Waals surface area (Å²) in [4.78, 5) is 32.5. The highest BCUT2D eigenvalue weighted by molar-refractivity contribution is 6.31. The first-order chi connectivity index (χ1) is 16.7. The SMILES string of the molecule is CC(=O)NCc1cccc(C(=Nc2ccc(N(C)C(C)=O)cc2)c2c(O)[nH]c3cc(Cl)ccc23)c1. The summed E-state index contributed by atoms with van der Waals surface area (Å²) in [6, 6.07) is 20.3. The molecule has 0 bridgehead atoms. The van der Waals surface area contributed by atoms with E-state index in [2.05, 4.69) is 10.3 Å². The predicted octanol–water partition coefficient (Wildman–Crippen LogP) is 5.31. The van der Waals surface area contributed by atoms with Gasteiger partial charge in [0, 0.05) is 49.1 Å². The number of aromatic amines is 1. The Labute approximate surface area is 208 Å². The summed E-state index contributed by atoms with van der Waals surface area (Å²) in [5.41, 5.74) is 4.84. The van der Waals surface area contributed by atoms with Crippen molar-refractivity contribution in [2.24, 2.45) is 4.99 Å². The molecule has 4 aromatic rings. The van der Waals surface area contributed by atoms with Crippen molar-refractivity contribution < 1.29 is 14.7 Å². The van der Waals surface area contributed by atoms with E-state index >= 15 is 0 Å². The summed E-state index contributed by atoms with van der Waals surface area (Å²) >= 11 is 6.16. The van der Waals surface area contributed by atoms with Crippen molar-refractivity contribution in [1.29, 1.82) is 0 Å². The number of amides is 2. The molecule has 1 heterocycles. The summed E-state index contributed by atoms with van der Waals surface area (Å²) in [6.07, 6.45) is 0. The van der Waals surface area contributed by atoms with Gasteiger partial charge in [-0.15, -0.1) is 0 Å². The molecule has 0 spiro atoms. The quantitative estimate of drug-likeness (QED) is 0.320. The number of halogens is 1. The molecule has 0 radical (unpaired) electrons. The number of carbonyl (C=O) groups is 2. The first-order valence-electron chi connectivity index (χ1n) is 11.0. The normalized spacial score (nSPS) is 11.5. The number of carbonyl (C=O) groups excluding carboxylic acids is 2. The van der Waals surface area contributed by atoms with E-state index in [0.717, 1.165) is 22.2 Å². The molecule has 35 heavy (non-hydrogen) atoms. The second kappa shape index (κ2) is 10.0. The molecular weight excluding hydrogens is 464 g/mol. The van der Waals surface area contributed by atoms with E-state index in [4.69, 9.17) is 16.6 Å². The number of H-pyrrole nitrogens is 1. The lowest BCUT2D eigenvalue weighted by molar-refractivity contribution is -0.119. The van der Waals surface area contributed by atoms with Crippen LogP contribution in [0.4, 0.5) is 11.4 Å². The van der Waals surface area contributed by atoms with Crippen LogP contribution in [0.15, 0.2) is 71.7 Å². The number of rotatable bonds is 6. The Morgan fingerprint density at radius 1 is 1.06 bits per heavy atom. The van der Waals surface area contributed by atoms with Gasteiger partial charge in [0.05, 0.1) is 22.5 Å². The van der Waals surface area contributed by atoms with E-state index in [1.54, 1.807) is 24.1 Å². The summed E-state index contributed by atoms with van der Waals surface area (Å²) in [7, 11) is 1.71. The highest BCUT2D eigenvalue weighted by Crippen LogP contribution is 2.33. The number of aromatic nitrogens is 1. The van der Waals surface area contributed by atoms with Crippen molar-refractivity contribution in [2.45, 2.75) is 20.4 Å². The van der Waals surface area contributed by atoms with Crippen LogP contribution in [0, 0.1) is 0 Å². The molecule has 0 aliphatic carbocycles. The molecule has 8 heteroatoms. The lowest BCUT2D eigenvalue weighted by Gasteiger charge is -2.15. The number of aliphatic imine (C=N–C) groups is 1. The smallest absolute Gasteiger partial charge is 0.223 e.